The Morgan fingerprint density at radius 2 is 1.84 bits per heavy atom. The van der Waals surface area contributed by atoms with Crippen molar-refractivity contribution in [3.63, 3.8) is 0 Å². The molecule has 0 bridgehead atoms. The van der Waals surface area contributed by atoms with Crippen LogP contribution in [0.2, 0.25) is 0 Å². The predicted octanol–water partition coefficient (Wildman–Crippen LogP) is 4.00. The number of piperidine rings is 1. The average Bonchev–Trinajstić information content (AvgIpc) is 2.99. The van der Waals surface area contributed by atoms with Crippen LogP contribution in [0.3, 0.4) is 0 Å². The Kier molecular flexibility index (Phi) is 5.59. The second-order valence-electron chi connectivity index (χ2n) is 7.52. The second-order valence-corrected chi connectivity index (χ2v) is 7.52. The molecule has 1 aromatic carbocycles. The molecule has 0 unspecified atom stereocenters. The molecule has 134 valence electrons. The zero-order valence-corrected chi connectivity index (χ0v) is 15.4. The van der Waals surface area contributed by atoms with Crippen molar-refractivity contribution in [2.24, 2.45) is 11.8 Å². The maximum atomic E-state index is 12.3. The first-order chi connectivity index (χ1) is 12.0. The Morgan fingerprint density at radius 3 is 2.48 bits per heavy atom. The van der Waals surface area contributed by atoms with Gasteiger partial charge in [-0.1, -0.05) is 38.1 Å². The largest absolute Gasteiger partial charge is 0.459 e. The lowest BCUT2D eigenvalue weighted by molar-refractivity contribution is 0.0922. The van der Waals surface area contributed by atoms with Crippen molar-refractivity contribution in [2.45, 2.75) is 40.3 Å². The Labute approximate surface area is 150 Å². The van der Waals surface area contributed by atoms with Crippen molar-refractivity contribution in [3.8, 4) is 0 Å². The smallest absolute Gasteiger partial charge is 0.287 e. The molecule has 2 aromatic rings. The highest BCUT2D eigenvalue weighted by atomic mass is 16.3. The van der Waals surface area contributed by atoms with Crippen LogP contribution in [0.25, 0.3) is 0 Å². The Balaban J connectivity index is 1.65. The average molecular weight is 340 g/mol. The Bertz CT molecular complexity index is 712. The van der Waals surface area contributed by atoms with Gasteiger partial charge in [0.15, 0.2) is 5.76 Å². The number of nitrogens with zero attached hydrogens (tertiary/aromatic N) is 1. The highest BCUT2D eigenvalue weighted by Crippen LogP contribution is 2.23. The van der Waals surface area contributed by atoms with E-state index in [1.165, 1.54) is 17.5 Å². The number of hydrogen-bond donors (Lipinski definition) is 1. The summed E-state index contributed by atoms with van der Waals surface area (Å²) >= 11 is 0. The van der Waals surface area contributed by atoms with Crippen LogP contribution >= 0.6 is 0 Å². The topological polar surface area (TPSA) is 45.5 Å². The van der Waals surface area contributed by atoms with Crippen LogP contribution in [0, 0.1) is 18.8 Å². The summed E-state index contributed by atoms with van der Waals surface area (Å²) < 4.78 is 5.27. The lowest BCUT2D eigenvalue weighted by Gasteiger charge is -2.35. The van der Waals surface area contributed by atoms with Crippen molar-refractivity contribution in [3.05, 3.63) is 59.0 Å². The molecule has 0 saturated carbocycles. The maximum Gasteiger partial charge on any atom is 0.287 e. The normalized spacial score (nSPS) is 21.2. The van der Waals surface area contributed by atoms with Crippen LogP contribution in [0.4, 0.5) is 0 Å². The molecule has 1 aromatic heterocycles. The van der Waals surface area contributed by atoms with Gasteiger partial charge in [-0.15, -0.1) is 0 Å². The van der Waals surface area contributed by atoms with Gasteiger partial charge in [-0.3, -0.25) is 9.69 Å². The molecule has 4 nitrogen and oxygen atoms in total. The molecule has 0 radical (unpaired) electrons. The number of likely N-dealkylation sites (tertiary alicyclic amines) is 1. The van der Waals surface area contributed by atoms with Crippen LogP contribution < -0.4 is 5.32 Å². The lowest BCUT2D eigenvalue weighted by atomic mass is 9.91. The van der Waals surface area contributed by atoms with Crippen molar-refractivity contribution >= 4 is 5.91 Å². The van der Waals surface area contributed by atoms with Crippen molar-refractivity contribution in [1.82, 2.24) is 10.2 Å². The zero-order chi connectivity index (χ0) is 17.8. The summed E-state index contributed by atoms with van der Waals surface area (Å²) in [6.07, 6.45) is 2.87. The summed E-state index contributed by atoms with van der Waals surface area (Å²) in [7, 11) is 0. The van der Waals surface area contributed by atoms with Crippen molar-refractivity contribution in [1.29, 1.82) is 0 Å². The van der Waals surface area contributed by atoms with E-state index in [0.717, 1.165) is 37.0 Å². The fraction of sp³-hybridized carbons (Fsp3) is 0.476. The maximum absolute atomic E-state index is 12.3. The first kappa shape index (κ1) is 17.7. The molecule has 2 heterocycles. The molecule has 4 heteroatoms. The van der Waals surface area contributed by atoms with Gasteiger partial charge in [-0.05, 0) is 42.4 Å². The van der Waals surface area contributed by atoms with Gasteiger partial charge in [0.05, 0.1) is 6.26 Å². The minimum atomic E-state index is -0.155. The number of furan rings is 1. The minimum Gasteiger partial charge on any atom is -0.459 e. The van der Waals surface area contributed by atoms with Crippen molar-refractivity contribution in [2.75, 3.05) is 13.1 Å². The first-order valence-corrected chi connectivity index (χ1v) is 9.14. The molecular formula is C21H28N2O2. The summed E-state index contributed by atoms with van der Waals surface area (Å²) in [5.41, 5.74) is 3.33. The van der Waals surface area contributed by atoms with Crippen LogP contribution in [-0.4, -0.2) is 23.9 Å². The molecule has 1 fully saturated rings. The molecule has 0 aliphatic carbocycles. The standard InChI is InChI=1S/C21H28N2O2/c1-15-10-16(2)13-23(12-15)14-19-7-5-4-6-18(19)11-22-21(24)20-17(3)8-9-25-20/h4-9,15-16H,10-14H2,1-3H3,(H,22,24)/t15-,16+. The number of carbonyl (C=O) groups is 1. The molecular weight excluding hydrogens is 312 g/mol. The third-order valence-electron chi connectivity index (χ3n) is 4.96. The molecule has 1 aliphatic rings. The van der Waals surface area contributed by atoms with E-state index in [0.29, 0.717) is 12.3 Å². The Morgan fingerprint density at radius 1 is 1.16 bits per heavy atom. The number of rotatable bonds is 5. The number of benzene rings is 1. The third kappa shape index (κ3) is 4.51. The molecule has 25 heavy (non-hydrogen) atoms. The first-order valence-electron chi connectivity index (χ1n) is 9.14. The number of aryl methyl sites for hydroxylation is 1. The number of nitrogens with one attached hydrogen (secondary N) is 1. The van der Waals surface area contributed by atoms with Gasteiger partial charge in [0.1, 0.15) is 0 Å². The van der Waals surface area contributed by atoms with Gasteiger partial charge in [0.25, 0.3) is 5.91 Å². The van der Waals surface area contributed by atoms with E-state index in [-0.39, 0.29) is 5.91 Å². The molecule has 3 rings (SSSR count). The van der Waals surface area contributed by atoms with E-state index < -0.39 is 0 Å². The van der Waals surface area contributed by atoms with Crippen LogP contribution in [0.1, 0.15) is 47.5 Å². The van der Waals surface area contributed by atoms with Gasteiger partial charge in [0.2, 0.25) is 0 Å². The molecule has 1 saturated heterocycles. The van der Waals surface area contributed by atoms with E-state index in [1.807, 2.05) is 19.1 Å². The van der Waals surface area contributed by atoms with Crippen LogP contribution in [0.5, 0.6) is 0 Å². The lowest BCUT2D eigenvalue weighted by Crippen LogP contribution is -2.38. The summed E-state index contributed by atoms with van der Waals surface area (Å²) in [6, 6.07) is 10.2. The van der Waals surface area contributed by atoms with E-state index in [2.05, 4.69) is 42.3 Å². The molecule has 0 spiro atoms. The number of amides is 1. The predicted molar refractivity (Wildman–Crippen MR) is 99.3 cm³/mol. The summed E-state index contributed by atoms with van der Waals surface area (Å²) in [4.78, 5) is 14.8. The summed E-state index contributed by atoms with van der Waals surface area (Å²) in [5, 5.41) is 2.99. The quantitative estimate of drug-likeness (QED) is 0.895. The van der Waals surface area contributed by atoms with E-state index in [4.69, 9.17) is 4.42 Å². The van der Waals surface area contributed by atoms with Crippen molar-refractivity contribution < 1.29 is 9.21 Å². The van der Waals surface area contributed by atoms with Crippen LogP contribution in [-0.2, 0) is 13.1 Å². The van der Waals surface area contributed by atoms with Gasteiger partial charge in [0, 0.05) is 31.7 Å². The van der Waals surface area contributed by atoms with E-state index in [9.17, 15) is 4.79 Å². The third-order valence-corrected chi connectivity index (χ3v) is 4.96. The van der Waals surface area contributed by atoms with Gasteiger partial charge in [-0.25, -0.2) is 0 Å². The summed E-state index contributed by atoms with van der Waals surface area (Å²) in [5.74, 6) is 1.74. The van der Waals surface area contributed by atoms with Crippen LogP contribution in [0.15, 0.2) is 41.0 Å². The highest BCUT2D eigenvalue weighted by Gasteiger charge is 2.22. The monoisotopic (exact) mass is 340 g/mol. The SMILES string of the molecule is Cc1ccoc1C(=O)NCc1ccccc1CN1C[C@H](C)C[C@H](C)C1. The molecule has 2 atom stereocenters. The highest BCUT2D eigenvalue weighted by molar-refractivity contribution is 5.92. The van der Waals surface area contributed by atoms with E-state index in [1.54, 1.807) is 6.26 Å². The number of hydrogen-bond acceptors (Lipinski definition) is 3. The zero-order valence-electron chi connectivity index (χ0n) is 15.4. The Hall–Kier alpha value is -2.07. The fourth-order valence-electron chi connectivity index (χ4n) is 3.91. The second kappa shape index (κ2) is 7.87. The molecule has 1 N–H and O–H groups in total. The summed E-state index contributed by atoms with van der Waals surface area (Å²) in [6.45, 7) is 10.3. The van der Waals surface area contributed by atoms with Gasteiger partial charge in [-0.2, -0.15) is 0 Å². The van der Waals surface area contributed by atoms with E-state index >= 15 is 0 Å². The minimum absolute atomic E-state index is 0.155. The van der Waals surface area contributed by atoms with Gasteiger partial charge >= 0.3 is 0 Å². The molecule has 1 aliphatic heterocycles. The van der Waals surface area contributed by atoms with Gasteiger partial charge < -0.3 is 9.73 Å². The number of carbonyl (C=O) groups excluding carboxylic acids is 1. The fourth-order valence-corrected chi connectivity index (χ4v) is 3.91. The molecule has 1 amide bonds.